The zero-order valence-corrected chi connectivity index (χ0v) is 15.8. The van der Waals surface area contributed by atoms with E-state index in [0.717, 1.165) is 17.7 Å². The number of nitrogens with one attached hydrogen (secondary N) is 2. The Kier molecular flexibility index (Phi) is 8.01. The number of halogens is 1. The van der Waals surface area contributed by atoms with Crippen molar-refractivity contribution in [2.75, 3.05) is 6.54 Å². The largest absolute Gasteiger partial charge is 0.354 e. The van der Waals surface area contributed by atoms with Crippen molar-refractivity contribution in [3.8, 4) is 0 Å². The van der Waals surface area contributed by atoms with E-state index in [2.05, 4.69) is 24.1 Å². The van der Waals surface area contributed by atoms with Gasteiger partial charge in [-0.3, -0.25) is 9.59 Å². The number of nitrogens with two attached hydrogens (primary N) is 1. The molecule has 6 heteroatoms. The summed E-state index contributed by atoms with van der Waals surface area (Å²) >= 11 is 0. The molecular weight excluding hydrogens is 314 g/mol. The lowest BCUT2D eigenvalue weighted by Crippen LogP contribution is -2.52. The highest BCUT2D eigenvalue weighted by Gasteiger charge is 2.29. The number of aromatic amines is 1. The van der Waals surface area contributed by atoms with Crippen molar-refractivity contribution in [2.24, 2.45) is 11.7 Å². The minimum atomic E-state index is -0.453. The number of aryl methyl sites for hydroxylation is 1. The van der Waals surface area contributed by atoms with E-state index in [9.17, 15) is 9.59 Å². The van der Waals surface area contributed by atoms with Crippen LogP contribution < -0.4 is 11.1 Å². The second-order valence-electron chi connectivity index (χ2n) is 6.71. The lowest BCUT2D eigenvalue weighted by molar-refractivity contribution is 0.0892. The van der Waals surface area contributed by atoms with E-state index < -0.39 is 5.54 Å². The Morgan fingerprint density at radius 1 is 1.35 bits per heavy atom. The number of hydrogen-bond donors (Lipinski definition) is 3. The fourth-order valence-electron chi connectivity index (χ4n) is 3.12. The van der Waals surface area contributed by atoms with Crippen LogP contribution in [0.1, 0.15) is 73.1 Å². The Morgan fingerprint density at radius 3 is 2.30 bits per heavy atom. The van der Waals surface area contributed by atoms with Crippen LogP contribution in [0.25, 0.3) is 0 Å². The van der Waals surface area contributed by atoms with Gasteiger partial charge in [-0.25, -0.2) is 0 Å². The van der Waals surface area contributed by atoms with Crippen molar-refractivity contribution in [1.82, 2.24) is 10.3 Å². The molecule has 132 valence electrons. The highest BCUT2D eigenvalue weighted by atomic mass is 35.5. The van der Waals surface area contributed by atoms with Gasteiger partial charge in [0.1, 0.15) is 5.69 Å². The first-order valence-corrected chi connectivity index (χ1v) is 7.90. The minimum absolute atomic E-state index is 0. The molecule has 0 radical (unpaired) electrons. The van der Waals surface area contributed by atoms with Crippen LogP contribution in [-0.4, -0.2) is 28.8 Å². The number of aromatic nitrogens is 1. The van der Waals surface area contributed by atoms with Crippen LogP contribution in [-0.2, 0) is 6.42 Å². The van der Waals surface area contributed by atoms with Crippen molar-refractivity contribution < 1.29 is 9.59 Å². The van der Waals surface area contributed by atoms with Crippen LogP contribution in [0, 0.1) is 12.8 Å². The molecule has 1 unspecified atom stereocenters. The molecule has 0 saturated heterocycles. The van der Waals surface area contributed by atoms with E-state index in [1.165, 1.54) is 6.92 Å². The molecule has 0 aliphatic rings. The van der Waals surface area contributed by atoms with Gasteiger partial charge in [0.15, 0.2) is 5.78 Å². The monoisotopic (exact) mass is 343 g/mol. The van der Waals surface area contributed by atoms with Gasteiger partial charge in [0.2, 0.25) is 0 Å². The SMILES string of the molecule is CCc1c(C(=O)NC(C)(CN)CC(C)C)[nH]c(C)c1C(C)=O.Cl. The molecule has 1 aromatic rings. The van der Waals surface area contributed by atoms with Crippen molar-refractivity contribution in [3.63, 3.8) is 0 Å². The second kappa shape index (κ2) is 8.50. The molecule has 0 saturated carbocycles. The van der Waals surface area contributed by atoms with E-state index in [-0.39, 0.29) is 24.1 Å². The number of rotatable bonds is 7. The average Bonchev–Trinajstić information content (AvgIpc) is 2.74. The molecule has 5 nitrogen and oxygen atoms in total. The van der Waals surface area contributed by atoms with Gasteiger partial charge in [-0.1, -0.05) is 20.8 Å². The van der Waals surface area contributed by atoms with Gasteiger partial charge in [0, 0.05) is 17.8 Å². The first kappa shape index (κ1) is 21.7. The van der Waals surface area contributed by atoms with E-state index in [4.69, 9.17) is 5.73 Å². The van der Waals surface area contributed by atoms with Crippen LogP contribution in [0.15, 0.2) is 0 Å². The fourth-order valence-corrected chi connectivity index (χ4v) is 3.12. The Bertz CT molecular complexity index is 566. The molecule has 0 aliphatic carbocycles. The molecule has 1 heterocycles. The van der Waals surface area contributed by atoms with Crippen LogP contribution >= 0.6 is 12.4 Å². The molecule has 1 atom stereocenters. The van der Waals surface area contributed by atoms with Crippen molar-refractivity contribution in [1.29, 1.82) is 0 Å². The zero-order chi connectivity index (χ0) is 17.1. The Labute approximate surface area is 145 Å². The Morgan fingerprint density at radius 2 is 1.91 bits per heavy atom. The van der Waals surface area contributed by atoms with Gasteiger partial charge in [0.05, 0.1) is 5.54 Å². The summed E-state index contributed by atoms with van der Waals surface area (Å²) in [6.45, 7) is 11.8. The summed E-state index contributed by atoms with van der Waals surface area (Å²) in [4.78, 5) is 27.5. The van der Waals surface area contributed by atoms with E-state index in [1.54, 1.807) is 0 Å². The number of H-pyrrole nitrogens is 1. The predicted octanol–water partition coefficient (Wildman–Crippen LogP) is 3.00. The van der Waals surface area contributed by atoms with Gasteiger partial charge >= 0.3 is 0 Å². The highest BCUT2D eigenvalue weighted by Crippen LogP contribution is 2.22. The molecule has 23 heavy (non-hydrogen) atoms. The molecule has 1 aromatic heterocycles. The maximum Gasteiger partial charge on any atom is 0.268 e. The highest BCUT2D eigenvalue weighted by molar-refractivity contribution is 6.02. The summed E-state index contributed by atoms with van der Waals surface area (Å²) in [5, 5.41) is 3.04. The lowest BCUT2D eigenvalue weighted by Gasteiger charge is -2.31. The molecule has 1 rings (SSSR count). The molecule has 0 fully saturated rings. The number of amides is 1. The third-order valence-corrected chi connectivity index (χ3v) is 3.95. The van der Waals surface area contributed by atoms with Crippen LogP contribution in [0.5, 0.6) is 0 Å². The number of Topliss-reactive ketones (excluding diaryl/α,β-unsaturated/α-hetero) is 1. The molecule has 4 N–H and O–H groups in total. The number of ketones is 1. The lowest BCUT2D eigenvalue weighted by atomic mass is 9.90. The summed E-state index contributed by atoms with van der Waals surface area (Å²) in [5.41, 5.74) is 8.04. The third kappa shape index (κ3) is 5.08. The summed E-state index contributed by atoms with van der Waals surface area (Å²) in [6.07, 6.45) is 1.43. The van der Waals surface area contributed by atoms with Gasteiger partial charge in [-0.15, -0.1) is 12.4 Å². The topological polar surface area (TPSA) is 88.0 Å². The average molecular weight is 344 g/mol. The Balaban J connectivity index is 0.00000484. The first-order chi connectivity index (χ1) is 10.1. The first-order valence-electron chi connectivity index (χ1n) is 7.90. The molecular formula is C17H30ClN3O2. The van der Waals surface area contributed by atoms with Gasteiger partial charge < -0.3 is 16.0 Å². The molecule has 0 aromatic carbocycles. The molecule has 0 bridgehead atoms. The predicted molar refractivity (Wildman–Crippen MR) is 96.5 cm³/mol. The standard InChI is InChI=1S/C17H29N3O2.ClH/c1-7-13-14(12(5)21)11(4)19-15(13)16(22)20-17(6,9-18)8-10(2)3;/h10,19H,7-9,18H2,1-6H3,(H,20,22);1H. The smallest absolute Gasteiger partial charge is 0.268 e. The van der Waals surface area contributed by atoms with Crippen LogP contribution in [0.3, 0.4) is 0 Å². The Hall–Kier alpha value is -1.33. The summed E-state index contributed by atoms with van der Waals surface area (Å²) in [6, 6.07) is 0. The van der Waals surface area contributed by atoms with Crippen LogP contribution in [0.4, 0.5) is 0 Å². The van der Waals surface area contributed by atoms with Crippen LogP contribution in [0.2, 0.25) is 0 Å². The van der Waals surface area contributed by atoms with Crippen molar-refractivity contribution in [3.05, 3.63) is 22.5 Å². The molecule has 0 spiro atoms. The maximum absolute atomic E-state index is 12.7. The summed E-state index contributed by atoms with van der Waals surface area (Å²) in [5.74, 6) is 0.215. The summed E-state index contributed by atoms with van der Waals surface area (Å²) < 4.78 is 0. The van der Waals surface area contributed by atoms with Crippen molar-refractivity contribution in [2.45, 2.75) is 59.9 Å². The van der Waals surface area contributed by atoms with Crippen molar-refractivity contribution >= 4 is 24.1 Å². The van der Waals surface area contributed by atoms with Gasteiger partial charge in [0.25, 0.3) is 5.91 Å². The number of carbonyl (C=O) groups excluding carboxylic acids is 2. The zero-order valence-electron chi connectivity index (χ0n) is 15.0. The van der Waals surface area contributed by atoms with E-state index >= 15 is 0 Å². The molecule has 1 amide bonds. The number of hydrogen-bond acceptors (Lipinski definition) is 3. The summed E-state index contributed by atoms with van der Waals surface area (Å²) in [7, 11) is 0. The van der Waals surface area contributed by atoms with E-state index in [0.29, 0.717) is 30.1 Å². The third-order valence-electron chi connectivity index (χ3n) is 3.95. The number of carbonyl (C=O) groups is 2. The molecule has 0 aliphatic heterocycles. The quantitative estimate of drug-likeness (QED) is 0.665. The second-order valence-corrected chi connectivity index (χ2v) is 6.71. The fraction of sp³-hybridized carbons (Fsp3) is 0.647. The normalized spacial score (nSPS) is 13.4. The minimum Gasteiger partial charge on any atom is -0.354 e. The maximum atomic E-state index is 12.7. The van der Waals surface area contributed by atoms with Gasteiger partial charge in [-0.05, 0) is 45.1 Å². The van der Waals surface area contributed by atoms with E-state index in [1.807, 2.05) is 20.8 Å². The van der Waals surface area contributed by atoms with Gasteiger partial charge in [-0.2, -0.15) is 0 Å².